The van der Waals surface area contributed by atoms with Gasteiger partial charge in [-0.05, 0) is 59.9 Å². The number of hydrogen-bond donors (Lipinski definition) is 2. The number of anilines is 3. The molecule has 32 heavy (non-hydrogen) atoms. The van der Waals surface area contributed by atoms with Crippen molar-refractivity contribution in [1.29, 1.82) is 0 Å². The first-order valence-corrected chi connectivity index (χ1v) is 11.8. The van der Waals surface area contributed by atoms with Crippen molar-refractivity contribution in [3.63, 3.8) is 0 Å². The molecule has 0 saturated heterocycles. The van der Waals surface area contributed by atoms with Crippen LogP contribution in [0.15, 0.2) is 48.7 Å². The average Bonchev–Trinajstić information content (AvgIpc) is 2.76. The minimum atomic E-state index is -3.90. The van der Waals surface area contributed by atoms with E-state index in [1.165, 1.54) is 25.4 Å². The van der Waals surface area contributed by atoms with E-state index in [1.54, 1.807) is 12.1 Å². The van der Waals surface area contributed by atoms with Crippen LogP contribution in [0.25, 0.3) is 0 Å². The molecule has 4 rings (SSSR count). The fraction of sp³-hybridized carbons (Fsp3) is 0.227. The quantitative estimate of drug-likeness (QED) is 0.544. The molecule has 0 unspecified atom stereocenters. The van der Waals surface area contributed by atoms with E-state index in [2.05, 4.69) is 14.4 Å². The van der Waals surface area contributed by atoms with Crippen molar-refractivity contribution in [2.24, 2.45) is 0 Å². The van der Waals surface area contributed by atoms with Gasteiger partial charge < -0.3 is 4.90 Å². The summed E-state index contributed by atoms with van der Waals surface area (Å²) in [5.41, 5.74) is 3.49. The third-order valence-corrected chi connectivity index (χ3v) is 6.63. The molecule has 2 aromatic carbocycles. The normalized spacial score (nSPS) is 13.7. The number of halogens is 3. The molecule has 0 bridgehead atoms. The molecule has 0 aliphatic carbocycles. The van der Waals surface area contributed by atoms with Crippen molar-refractivity contribution in [1.82, 2.24) is 9.71 Å². The maximum absolute atomic E-state index is 15.0. The lowest BCUT2D eigenvalue weighted by Crippen LogP contribution is -2.27. The van der Waals surface area contributed by atoms with Crippen molar-refractivity contribution in [2.75, 3.05) is 23.2 Å². The van der Waals surface area contributed by atoms with Crippen molar-refractivity contribution in [3.05, 3.63) is 82.0 Å². The van der Waals surface area contributed by atoms with Crippen molar-refractivity contribution in [2.45, 2.75) is 19.3 Å². The van der Waals surface area contributed by atoms with E-state index in [9.17, 15) is 17.2 Å². The molecule has 1 aliphatic rings. The zero-order chi connectivity index (χ0) is 22.9. The maximum atomic E-state index is 15.0. The standard InChI is InChI=1S/C22H21ClF2N4O2S/c1-26-32(30,31)28-22-21(25)15(9-10-27-22)12-14-4-2-6-19-17(14)5-3-11-29(19)20-8-7-16(23)13-18(20)24/h2,4,6-10,13,26H,3,5,11-12H2,1H3,(H,27,28). The summed E-state index contributed by atoms with van der Waals surface area (Å²) in [7, 11) is -2.68. The number of rotatable bonds is 6. The van der Waals surface area contributed by atoms with Crippen molar-refractivity contribution in [3.8, 4) is 0 Å². The number of fused-ring (bicyclic) bond motifs is 1. The summed E-state index contributed by atoms with van der Waals surface area (Å²) < 4.78 is 57.2. The lowest BCUT2D eigenvalue weighted by atomic mass is 9.92. The van der Waals surface area contributed by atoms with Crippen LogP contribution in [-0.4, -0.2) is 27.0 Å². The van der Waals surface area contributed by atoms with Crippen LogP contribution < -0.4 is 14.3 Å². The molecule has 6 nitrogen and oxygen atoms in total. The Kier molecular flexibility index (Phi) is 6.32. The van der Waals surface area contributed by atoms with E-state index in [0.29, 0.717) is 22.8 Å². The van der Waals surface area contributed by atoms with E-state index in [0.717, 1.165) is 29.7 Å². The smallest absolute Gasteiger partial charge is 0.300 e. The van der Waals surface area contributed by atoms with Crippen LogP contribution in [0.5, 0.6) is 0 Å². The molecule has 0 amide bonds. The summed E-state index contributed by atoms with van der Waals surface area (Å²) in [4.78, 5) is 5.71. The summed E-state index contributed by atoms with van der Waals surface area (Å²) in [5, 5.41) is 0.329. The monoisotopic (exact) mass is 478 g/mol. The Morgan fingerprint density at radius 3 is 2.69 bits per heavy atom. The van der Waals surface area contributed by atoms with Gasteiger partial charge in [-0.2, -0.15) is 8.42 Å². The highest BCUT2D eigenvalue weighted by atomic mass is 35.5. The predicted molar refractivity (Wildman–Crippen MR) is 122 cm³/mol. The summed E-state index contributed by atoms with van der Waals surface area (Å²) in [5.74, 6) is -1.51. The first kappa shape index (κ1) is 22.4. The van der Waals surface area contributed by atoms with E-state index in [-0.39, 0.29) is 12.2 Å². The number of benzene rings is 2. The molecule has 0 fully saturated rings. The van der Waals surface area contributed by atoms with Gasteiger partial charge in [-0.1, -0.05) is 23.7 Å². The Balaban J connectivity index is 1.69. The van der Waals surface area contributed by atoms with E-state index in [4.69, 9.17) is 11.6 Å². The Labute approximate surface area is 190 Å². The van der Waals surface area contributed by atoms with Gasteiger partial charge in [0.05, 0.1) is 5.69 Å². The molecule has 0 spiro atoms. The van der Waals surface area contributed by atoms with Gasteiger partial charge in [-0.15, -0.1) is 0 Å². The third kappa shape index (κ3) is 4.55. The summed E-state index contributed by atoms with van der Waals surface area (Å²) in [6.07, 6.45) is 3.17. The molecule has 168 valence electrons. The van der Waals surface area contributed by atoms with Gasteiger partial charge in [0.1, 0.15) is 5.82 Å². The Hall–Kier alpha value is -2.75. The van der Waals surface area contributed by atoms with E-state index in [1.807, 2.05) is 23.1 Å². The molecule has 1 aromatic heterocycles. The highest BCUT2D eigenvalue weighted by Crippen LogP contribution is 2.38. The van der Waals surface area contributed by atoms with Gasteiger partial charge in [0.25, 0.3) is 10.2 Å². The number of nitrogens with one attached hydrogen (secondary N) is 2. The fourth-order valence-corrected chi connectivity index (χ4v) is 4.55. The SMILES string of the molecule is CNS(=O)(=O)Nc1nccc(Cc2cccc3c2CCCN3c2ccc(Cl)cc2F)c1F. The molecular formula is C22H21ClF2N4O2S. The van der Waals surface area contributed by atoms with Gasteiger partial charge in [0.15, 0.2) is 11.6 Å². The van der Waals surface area contributed by atoms with Crippen molar-refractivity contribution >= 4 is 39.0 Å². The second kappa shape index (κ2) is 9.01. The molecule has 1 aliphatic heterocycles. The van der Waals surface area contributed by atoms with Gasteiger partial charge in [0, 0.05) is 36.9 Å². The number of aromatic nitrogens is 1. The lowest BCUT2D eigenvalue weighted by Gasteiger charge is -2.33. The lowest BCUT2D eigenvalue weighted by molar-refractivity contribution is 0.588. The van der Waals surface area contributed by atoms with Crippen LogP contribution >= 0.6 is 11.6 Å². The van der Waals surface area contributed by atoms with Crippen LogP contribution in [0.4, 0.5) is 26.0 Å². The highest BCUT2D eigenvalue weighted by molar-refractivity contribution is 7.90. The van der Waals surface area contributed by atoms with Crippen LogP contribution in [0.1, 0.15) is 23.1 Å². The molecule has 0 atom stereocenters. The van der Waals surface area contributed by atoms with Crippen molar-refractivity contribution < 1.29 is 17.2 Å². The van der Waals surface area contributed by atoms with E-state index >= 15 is 0 Å². The molecule has 0 radical (unpaired) electrons. The van der Waals surface area contributed by atoms with Gasteiger partial charge in [0.2, 0.25) is 0 Å². The number of nitrogens with zero attached hydrogens (tertiary/aromatic N) is 2. The summed E-state index contributed by atoms with van der Waals surface area (Å²) in [6, 6.07) is 11.8. The highest BCUT2D eigenvalue weighted by Gasteiger charge is 2.24. The zero-order valence-electron chi connectivity index (χ0n) is 17.2. The second-order valence-electron chi connectivity index (χ2n) is 7.38. The Bertz CT molecular complexity index is 1270. The van der Waals surface area contributed by atoms with Crippen LogP contribution in [0, 0.1) is 11.6 Å². The molecule has 2 N–H and O–H groups in total. The summed E-state index contributed by atoms with van der Waals surface area (Å²) in [6.45, 7) is 0.647. The minimum Gasteiger partial charge on any atom is -0.339 e. The van der Waals surface area contributed by atoms with Crippen LogP contribution in [0.2, 0.25) is 5.02 Å². The Morgan fingerprint density at radius 1 is 1.12 bits per heavy atom. The van der Waals surface area contributed by atoms with Gasteiger partial charge in [-0.3, -0.25) is 4.72 Å². The number of pyridine rings is 1. The van der Waals surface area contributed by atoms with E-state index < -0.39 is 21.8 Å². The molecule has 2 heterocycles. The summed E-state index contributed by atoms with van der Waals surface area (Å²) >= 11 is 5.90. The van der Waals surface area contributed by atoms with Crippen LogP contribution in [0.3, 0.4) is 0 Å². The minimum absolute atomic E-state index is 0.239. The zero-order valence-corrected chi connectivity index (χ0v) is 18.8. The maximum Gasteiger partial charge on any atom is 0.300 e. The largest absolute Gasteiger partial charge is 0.339 e. The van der Waals surface area contributed by atoms with Gasteiger partial charge in [-0.25, -0.2) is 18.5 Å². The predicted octanol–water partition coefficient (Wildman–Crippen LogP) is 4.56. The molecular weight excluding hydrogens is 458 g/mol. The first-order valence-electron chi connectivity index (χ1n) is 9.97. The Morgan fingerprint density at radius 2 is 1.94 bits per heavy atom. The fourth-order valence-electron chi connectivity index (χ4n) is 3.89. The van der Waals surface area contributed by atoms with Gasteiger partial charge >= 0.3 is 0 Å². The third-order valence-electron chi connectivity index (χ3n) is 5.40. The first-order chi connectivity index (χ1) is 15.3. The molecule has 3 aromatic rings. The molecule has 10 heteroatoms. The topological polar surface area (TPSA) is 74.3 Å². The average molecular weight is 479 g/mol. The number of hydrogen-bond acceptors (Lipinski definition) is 4. The molecule has 0 saturated carbocycles. The van der Waals surface area contributed by atoms with Crippen LogP contribution in [-0.2, 0) is 23.1 Å². The second-order valence-corrected chi connectivity index (χ2v) is 9.44.